The zero-order chi connectivity index (χ0) is 13.0. The van der Waals surface area contributed by atoms with Gasteiger partial charge in [-0.3, -0.25) is 4.79 Å². The van der Waals surface area contributed by atoms with E-state index in [4.69, 9.17) is 0 Å². The lowest BCUT2D eigenvalue weighted by Gasteiger charge is -2.25. The summed E-state index contributed by atoms with van der Waals surface area (Å²) in [6, 6.07) is 5.09. The number of nitrogens with zero attached hydrogens (tertiary/aromatic N) is 1. The Bertz CT molecular complexity index is 436. The Morgan fingerprint density at radius 3 is 3.06 bits per heavy atom. The molecule has 1 aliphatic rings. The van der Waals surface area contributed by atoms with Crippen LogP contribution >= 0.6 is 0 Å². The maximum atomic E-state index is 13.8. The second-order valence-corrected chi connectivity index (χ2v) is 4.35. The predicted octanol–water partition coefficient (Wildman–Crippen LogP) is 0.871. The van der Waals surface area contributed by atoms with Gasteiger partial charge in [-0.15, -0.1) is 0 Å². The summed E-state index contributed by atoms with van der Waals surface area (Å²) in [4.78, 5) is 13.4. The maximum absolute atomic E-state index is 13.8. The summed E-state index contributed by atoms with van der Waals surface area (Å²) in [6.07, 6.45) is 0.454. The smallest absolute Gasteiger partial charge is 0.221 e. The molecule has 0 spiro atoms. The highest BCUT2D eigenvalue weighted by molar-refractivity contribution is 5.77. The van der Waals surface area contributed by atoms with Crippen molar-refractivity contribution in [2.75, 3.05) is 31.6 Å². The second kappa shape index (κ2) is 5.82. The number of anilines is 1. The molecular formula is C13H18FN3O. The average Bonchev–Trinajstić information content (AvgIpc) is 2.57. The normalized spacial score (nSPS) is 16.3. The van der Waals surface area contributed by atoms with Gasteiger partial charge in [-0.25, -0.2) is 4.39 Å². The van der Waals surface area contributed by atoms with Crippen LogP contribution in [0.3, 0.4) is 0 Å². The van der Waals surface area contributed by atoms with E-state index in [2.05, 4.69) is 15.5 Å². The maximum Gasteiger partial charge on any atom is 0.221 e. The van der Waals surface area contributed by atoms with E-state index in [1.54, 1.807) is 13.1 Å². The van der Waals surface area contributed by atoms with Gasteiger partial charge in [0.15, 0.2) is 0 Å². The number of benzene rings is 1. The van der Waals surface area contributed by atoms with Crippen molar-refractivity contribution in [1.29, 1.82) is 0 Å². The highest BCUT2D eigenvalue weighted by atomic mass is 19.1. The molecule has 1 amide bonds. The first-order chi connectivity index (χ1) is 8.72. The standard InChI is InChI=1S/C13H18FN3O/c1-15-9-10-11(14)3-2-4-12(10)17-7-5-13(18)16-6-8-17/h2-4,15H,5-9H2,1H3,(H,16,18). The highest BCUT2D eigenvalue weighted by Gasteiger charge is 2.17. The Labute approximate surface area is 106 Å². The Morgan fingerprint density at radius 2 is 2.28 bits per heavy atom. The van der Waals surface area contributed by atoms with Crippen LogP contribution in [0.4, 0.5) is 10.1 Å². The van der Waals surface area contributed by atoms with E-state index in [9.17, 15) is 9.18 Å². The van der Waals surface area contributed by atoms with Crippen LogP contribution in [-0.2, 0) is 11.3 Å². The Morgan fingerprint density at radius 1 is 1.44 bits per heavy atom. The van der Waals surface area contributed by atoms with Crippen LogP contribution in [0, 0.1) is 5.82 Å². The summed E-state index contributed by atoms with van der Waals surface area (Å²) in [5.41, 5.74) is 1.54. The van der Waals surface area contributed by atoms with Crippen molar-refractivity contribution in [2.24, 2.45) is 0 Å². The number of rotatable bonds is 3. The van der Waals surface area contributed by atoms with Crippen molar-refractivity contribution in [3.05, 3.63) is 29.6 Å². The molecule has 0 saturated carbocycles. The molecule has 0 bridgehead atoms. The first kappa shape index (κ1) is 12.8. The molecular weight excluding hydrogens is 233 g/mol. The van der Waals surface area contributed by atoms with Crippen molar-refractivity contribution in [2.45, 2.75) is 13.0 Å². The molecule has 1 aliphatic heterocycles. The zero-order valence-electron chi connectivity index (χ0n) is 10.5. The molecule has 4 nitrogen and oxygen atoms in total. The lowest BCUT2D eigenvalue weighted by atomic mass is 10.1. The molecule has 0 aliphatic carbocycles. The number of hydrogen-bond acceptors (Lipinski definition) is 3. The summed E-state index contributed by atoms with van der Waals surface area (Å²) in [5.74, 6) is -0.144. The third-order valence-electron chi connectivity index (χ3n) is 3.10. The third-order valence-corrected chi connectivity index (χ3v) is 3.10. The quantitative estimate of drug-likeness (QED) is 0.838. The van der Waals surface area contributed by atoms with Gasteiger partial charge in [0.2, 0.25) is 5.91 Å². The van der Waals surface area contributed by atoms with E-state index >= 15 is 0 Å². The fourth-order valence-electron chi connectivity index (χ4n) is 2.20. The number of halogens is 1. The topological polar surface area (TPSA) is 44.4 Å². The highest BCUT2D eigenvalue weighted by Crippen LogP contribution is 2.23. The average molecular weight is 251 g/mol. The summed E-state index contributed by atoms with van der Waals surface area (Å²) in [6.45, 7) is 2.44. The molecule has 98 valence electrons. The molecule has 2 N–H and O–H groups in total. The molecule has 1 fully saturated rings. The summed E-state index contributed by atoms with van der Waals surface area (Å²) in [7, 11) is 1.80. The minimum atomic E-state index is -0.203. The molecule has 0 aromatic heterocycles. The monoisotopic (exact) mass is 251 g/mol. The van der Waals surface area contributed by atoms with Gasteiger partial charge in [-0.1, -0.05) is 6.07 Å². The summed E-state index contributed by atoms with van der Waals surface area (Å²) < 4.78 is 13.8. The van der Waals surface area contributed by atoms with Gasteiger partial charge in [0.05, 0.1) is 0 Å². The molecule has 1 aromatic rings. The molecule has 0 radical (unpaired) electrons. The summed E-state index contributed by atoms with van der Waals surface area (Å²) in [5, 5.41) is 5.80. The summed E-state index contributed by atoms with van der Waals surface area (Å²) >= 11 is 0. The van der Waals surface area contributed by atoms with Gasteiger partial charge >= 0.3 is 0 Å². The molecule has 5 heteroatoms. The Balaban J connectivity index is 2.26. The molecule has 0 atom stereocenters. The van der Waals surface area contributed by atoms with Crippen LogP contribution in [0.1, 0.15) is 12.0 Å². The molecule has 0 unspecified atom stereocenters. The largest absolute Gasteiger partial charge is 0.369 e. The van der Waals surface area contributed by atoms with Crippen molar-refractivity contribution in [3.63, 3.8) is 0 Å². The molecule has 1 heterocycles. The molecule has 18 heavy (non-hydrogen) atoms. The molecule has 2 rings (SSSR count). The van der Waals surface area contributed by atoms with Crippen LogP contribution in [0.25, 0.3) is 0 Å². The third kappa shape index (κ3) is 2.79. The number of carbonyl (C=O) groups excluding carboxylic acids is 1. The van der Waals surface area contributed by atoms with Gasteiger partial charge in [0.1, 0.15) is 5.82 Å². The van der Waals surface area contributed by atoms with Crippen LogP contribution in [0.15, 0.2) is 18.2 Å². The lowest BCUT2D eigenvalue weighted by Crippen LogP contribution is -2.29. The van der Waals surface area contributed by atoms with Crippen molar-refractivity contribution >= 4 is 11.6 Å². The lowest BCUT2D eigenvalue weighted by molar-refractivity contribution is -0.120. The number of amides is 1. The van der Waals surface area contributed by atoms with E-state index < -0.39 is 0 Å². The van der Waals surface area contributed by atoms with Gasteiger partial charge in [-0.2, -0.15) is 0 Å². The van der Waals surface area contributed by atoms with Crippen LogP contribution < -0.4 is 15.5 Å². The number of carbonyl (C=O) groups is 1. The van der Waals surface area contributed by atoms with E-state index in [1.807, 2.05) is 6.07 Å². The van der Waals surface area contributed by atoms with Crippen molar-refractivity contribution in [3.8, 4) is 0 Å². The molecule has 1 saturated heterocycles. The Kier molecular flexibility index (Phi) is 4.15. The van der Waals surface area contributed by atoms with Gasteiger partial charge < -0.3 is 15.5 Å². The zero-order valence-corrected chi connectivity index (χ0v) is 10.5. The van der Waals surface area contributed by atoms with Crippen molar-refractivity contribution < 1.29 is 9.18 Å². The van der Waals surface area contributed by atoms with Crippen LogP contribution in [0.2, 0.25) is 0 Å². The minimum absolute atomic E-state index is 0.0593. The van der Waals surface area contributed by atoms with E-state index in [0.717, 1.165) is 5.69 Å². The predicted molar refractivity (Wildman–Crippen MR) is 69.0 cm³/mol. The fraction of sp³-hybridized carbons (Fsp3) is 0.462. The first-order valence-corrected chi connectivity index (χ1v) is 6.16. The minimum Gasteiger partial charge on any atom is -0.369 e. The van der Waals surface area contributed by atoms with Gasteiger partial charge in [0, 0.05) is 43.9 Å². The first-order valence-electron chi connectivity index (χ1n) is 6.16. The van der Waals surface area contributed by atoms with E-state index in [-0.39, 0.29) is 11.7 Å². The number of hydrogen-bond donors (Lipinski definition) is 2. The Hall–Kier alpha value is -1.62. The van der Waals surface area contributed by atoms with Crippen molar-refractivity contribution in [1.82, 2.24) is 10.6 Å². The van der Waals surface area contributed by atoms with Crippen LogP contribution in [-0.4, -0.2) is 32.6 Å². The number of nitrogens with one attached hydrogen (secondary N) is 2. The van der Waals surface area contributed by atoms with Gasteiger partial charge in [0.25, 0.3) is 0 Å². The SMILES string of the molecule is CNCc1c(F)cccc1N1CCNC(=O)CC1. The van der Waals surface area contributed by atoms with E-state index in [0.29, 0.717) is 38.2 Å². The van der Waals surface area contributed by atoms with E-state index in [1.165, 1.54) is 6.07 Å². The van der Waals surface area contributed by atoms with Gasteiger partial charge in [-0.05, 0) is 19.2 Å². The fourth-order valence-corrected chi connectivity index (χ4v) is 2.20. The molecule has 1 aromatic carbocycles. The second-order valence-electron chi connectivity index (χ2n) is 4.35. The van der Waals surface area contributed by atoms with Crippen LogP contribution in [0.5, 0.6) is 0 Å².